The van der Waals surface area contributed by atoms with Crippen LogP contribution in [0.2, 0.25) is 0 Å². The monoisotopic (exact) mass is 333 g/mol. The van der Waals surface area contributed by atoms with E-state index >= 15 is 0 Å². The van der Waals surface area contributed by atoms with E-state index in [1.807, 2.05) is 20.8 Å². The third-order valence-corrected chi connectivity index (χ3v) is 3.37. The highest BCUT2D eigenvalue weighted by Gasteiger charge is 2.10. The van der Waals surface area contributed by atoms with Gasteiger partial charge in [-0.15, -0.1) is 0 Å². The average molecular weight is 333 g/mol. The second kappa shape index (κ2) is 10.4. The zero-order valence-corrected chi connectivity index (χ0v) is 14.8. The van der Waals surface area contributed by atoms with Gasteiger partial charge in [0, 0.05) is 18.6 Å². The van der Waals surface area contributed by atoms with E-state index in [1.54, 1.807) is 18.2 Å². The molecule has 0 N–H and O–H groups in total. The Hall–Kier alpha value is -2.37. The summed E-state index contributed by atoms with van der Waals surface area (Å²) in [6.45, 7) is 6.02. The Morgan fingerprint density at radius 2 is 0.833 bits per heavy atom. The van der Waals surface area contributed by atoms with Crippen LogP contribution < -0.4 is 17.1 Å². The maximum atomic E-state index is 12.5. The summed E-state index contributed by atoms with van der Waals surface area (Å²) in [4.78, 5) is 37.4. The average Bonchev–Trinajstić information content (AvgIpc) is 2.57. The fourth-order valence-electron chi connectivity index (χ4n) is 2.02. The van der Waals surface area contributed by atoms with E-state index in [0.29, 0.717) is 0 Å². The van der Waals surface area contributed by atoms with Crippen molar-refractivity contribution in [3.63, 3.8) is 0 Å². The molecule has 0 aliphatic heterocycles. The van der Waals surface area contributed by atoms with Crippen molar-refractivity contribution in [2.24, 2.45) is 0 Å². The van der Waals surface area contributed by atoms with Crippen molar-refractivity contribution in [2.45, 2.75) is 59.3 Å². The molecule has 0 radical (unpaired) electrons. The Labute approximate surface area is 142 Å². The Kier molecular flexibility index (Phi) is 8.54. The molecule has 6 heteroatoms. The number of unbranched alkanes of at least 4 members (excludes halogenated alkanes) is 3. The van der Waals surface area contributed by atoms with Crippen molar-refractivity contribution in [1.29, 1.82) is 0 Å². The SMILES string of the molecule is CCCC=Cn1c(=O)n(C=CCCC)c(=O)n(C=CCCC)c1=O. The molecule has 1 rings (SSSR count). The van der Waals surface area contributed by atoms with E-state index in [0.717, 1.165) is 52.2 Å². The highest BCUT2D eigenvalue weighted by atomic mass is 16.2. The zero-order chi connectivity index (χ0) is 17.9. The molecule has 0 amide bonds. The minimum Gasteiger partial charge on any atom is -0.247 e. The second-order valence-electron chi connectivity index (χ2n) is 5.48. The van der Waals surface area contributed by atoms with Crippen LogP contribution in [0.4, 0.5) is 0 Å². The molecule has 0 aliphatic rings. The van der Waals surface area contributed by atoms with Crippen LogP contribution in [0.5, 0.6) is 0 Å². The smallest absolute Gasteiger partial charge is 0.247 e. The first-order valence-electron chi connectivity index (χ1n) is 8.57. The molecule has 1 heterocycles. The minimum absolute atomic E-state index is 0.648. The van der Waals surface area contributed by atoms with Crippen LogP contribution in [0.3, 0.4) is 0 Å². The first kappa shape index (κ1) is 19.7. The van der Waals surface area contributed by atoms with Gasteiger partial charge in [0.05, 0.1) is 0 Å². The molecule has 0 saturated heterocycles. The van der Waals surface area contributed by atoms with Gasteiger partial charge in [-0.25, -0.2) is 28.1 Å². The number of aromatic nitrogens is 3. The molecule has 0 aliphatic carbocycles. The highest BCUT2D eigenvalue weighted by molar-refractivity contribution is 5.29. The fraction of sp³-hybridized carbons (Fsp3) is 0.500. The van der Waals surface area contributed by atoms with Crippen LogP contribution in [-0.2, 0) is 0 Å². The maximum Gasteiger partial charge on any atom is 0.344 e. The lowest BCUT2D eigenvalue weighted by Gasteiger charge is -2.06. The lowest BCUT2D eigenvalue weighted by molar-refractivity contribution is 0.705. The van der Waals surface area contributed by atoms with E-state index in [1.165, 1.54) is 18.6 Å². The van der Waals surface area contributed by atoms with Gasteiger partial charge in [0.15, 0.2) is 0 Å². The zero-order valence-electron chi connectivity index (χ0n) is 14.8. The number of allylic oxidation sites excluding steroid dienone is 3. The predicted molar refractivity (Wildman–Crippen MR) is 99.9 cm³/mol. The molecule has 0 unspecified atom stereocenters. The first-order valence-corrected chi connectivity index (χ1v) is 8.57. The Morgan fingerprint density at radius 1 is 0.583 bits per heavy atom. The summed E-state index contributed by atoms with van der Waals surface area (Å²) in [6, 6.07) is 0. The van der Waals surface area contributed by atoms with Crippen LogP contribution >= 0.6 is 0 Å². The molecule has 1 aromatic rings. The molecular weight excluding hydrogens is 306 g/mol. The molecule has 24 heavy (non-hydrogen) atoms. The lowest BCUT2D eigenvalue weighted by atomic mass is 10.3. The summed E-state index contributed by atoms with van der Waals surface area (Å²) in [6.07, 6.45) is 14.6. The summed E-state index contributed by atoms with van der Waals surface area (Å²) in [7, 11) is 0. The molecule has 0 bridgehead atoms. The summed E-state index contributed by atoms with van der Waals surface area (Å²) < 4.78 is 2.93. The van der Waals surface area contributed by atoms with Crippen LogP contribution in [-0.4, -0.2) is 13.7 Å². The molecular formula is C18H27N3O3. The Bertz CT molecular complexity index is 641. The number of rotatable bonds is 9. The van der Waals surface area contributed by atoms with Gasteiger partial charge >= 0.3 is 17.1 Å². The van der Waals surface area contributed by atoms with E-state index in [2.05, 4.69) is 0 Å². The van der Waals surface area contributed by atoms with Crippen molar-refractivity contribution >= 4 is 18.6 Å². The Balaban J connectivity index is 3.56. The predicted octanol–water partition coefficient (Wildman–Crippen LogP) is 2.98. The first-order chi connectivity index (χ1) is 11.6. The third-order valence-electron chi connectivity index (χ3n) is 3.37. The van der Waals surface area contributed by atoms with Gasteiger partial charge in [0.1, 0.15) is 0 Å². The van der Waals surface area contributed by atoms with Gasteiger partial charge in [-0.3, -0.25) is 0 Å². The standard InChI is InChI=1S/C18H27N3O3/c1-4-7-10-13-19-16(22)20(14-11-8-5-2)18(24)21(17(19)23)15-12-9-6-3/h10-15H,4-9H2,1-3H3. The van der Waals surface area contributed by atoms with Gasteiger partial charge in [-0.2, -0.15) is 0 Å². The van der Waals surface area contributed by atoms with Gasteiger partial charge in [-0.1, -0.05) is 58.3 Å². The number of hydrogen-bond acceptors (Lipinski definition) is 3. The molecule has 0 spiro atoms. The van der Waals surface area contributed by atoms with E-state index in [-0.39, 0.29) is 0 Å². The van der Waals surface area contributed by atoms with Gasteiger partial charge < -0.3 is 0 Å². The second-order valence-corrected chi connectivity index (χ2v) is 5.48. The van der Waals surface area contributed by atoms with Gasteiger partial charge in [-0.05, 0) is 19.3 Å². The molecule has 0 fully saturated rings. The highest BCUT2D eigenvalue weighted by Crippen LogP contribution is 1.92. The molecule has 0 atom stereocenters. The van der Waals surface area contributed by atoms with E-state index in [4.69, 9.17) is 0 Å². The normalized spacial score (nSPS) is 12.1. The minimum atomic E-state index is -0.648. The summed E-state index contributed by atoms with van der Waals surface area (Å²) in [5, 5.41) is 0. The molecule has 132 valence electrons. The quantitative estimate of drug-likeness (QED) is 0.698. The van der Waals surface area contributed by atoms with E-state index < -0.39 is 17.1 Å². The molecule has 0 saturated carbocycles. The van der Waals surface area contributed by atoms with Gasteiger partial charge in [0.25, 0.3) is 0 Å². The van der Waals surface area contributed by atoms with Crippen molar-refractivity contribution in [1.82, 2.24) is 13.7 Å². The van der Waals surface area contributed by atoms with Crippen molar-refractivity contribution in [3.05, 3.63) is 49.7 Å². The molecule has 1 aromatic heterocycles. The Morgan fingerprint density at radius 3 is 1.04 bits per heavy atom. The lowest BCUT2D eigenvalue weighted by Crippen LogP contribution is -2.50. The number of hydrogen-bond donors (Lipinski definition) is 0. The van der Waals surface area contributed by atoms with Crippen LogP contribution in [0.15, 0.2) is 32.6 Å². The van der Waals surface area contributed by atoms with Crippen LogP contribution in [0, 0.1) is 0 Å². The van der Waals surface area contributed by atoms with Crippen LogP contribution in [0.25, 0.3) is 18.6 Å². The summed E-state index contributed by atoms with van der Waals surface area (Å²) >= 11 is 0. The largest absolute Gasteiger partial charge is 0.344 e. The van der Waals surface area contributed by atoms with Gasteiger partial charge in [0.2, 0.25) is 0 Å². The van der Waals surface area contributed by atoms with Crippen molar-refractivity contribution in [2.75, 3.05) is 0 Å². The molecule has 0 aromatic carbocycles. The number of nitrogens with zero attached hydrogens (tertiary/aromatic N) is 3. The maximum absolute atomic E-state index is 12.5. The fourth-order valence-corrected chi connectivity index (χ4v) is 2.02. The third kappa shape index (κ3) is 5.08. The molecule has 6 nitrogen and oxygen atoms in total. The summed E-state index contributed by atoms with van der Waals surface area (Å²) in [5.41, 5.74) is -1.94. The van der Waals surface area contributed by atoms with Crippen LogP contribution in [0.1, 0.15) is 59.3 Å². The summed E-state index contributed by atoms with van der Waals surface area (Å²) in [5.74, 6) is 0. The van der Waals surface area contributed by atoms with E-state index in [9.17, 15) is 14.4 Å². The van der Waals surface area contributed by atoms with Crippen molar-refractivity contribution in [3.8, 4) is 0 Å². The topological polar surface area (TPSA) is 66.0 Å². The van der Waals surface area contributed by atoms with Crippen molar-refractivity contribution < 1.29 is 0 Å².